The van der Waals surface area contributed by atoms with Crippen LogP contribution in [0.5, 0.6) is 11.5 Å². The number of para-hydroxylation sites is 1. The van der Waals surface area contributed by atoms with E-state index in [9.17, 15) is 0 Å². The molecule has 1 saturated carbocycles. The van der Waals surface area contributed by atoms with Crippen LogP contribution in [-0.4, -0.2) is 13.2 Å². The summed E-state index contributed by atoms with van der Waals surface area (Å²) in [5, 5.41) is 4.47. The fourth-order valence-corrected chi connectivity index (χ4v) is 3.93. The second-order valence-corrected chi connectivity index (χ2v) is 7.73. The van der Waals surface area contributed by atoms with Crippen LogP contribution < -0.4 is 14.8 Å². The third-order valence-electron chi connectivity index (χ3n) is 5.24. The first-order valence-corrected chi connectivity index (χ1v) is 10.4. The van der Waals surface area contributed by atoms with Crippen molar-refractivity contribution in [1.82, 2.24) is 5.32 Å². The van der Waals surface area contributed by atoms with Crippen LogP contribution in [0.25, 0.3) is 0 Å². The predicted octanol–water partition coefficient (Wildman–Crippen LogP) is 6.13. The van der Waals surface area contributed by atoms with E-state index in [-0.39, 0.29) is 0 Å². The average Bonchev–Trinajstić information content (AvgIpc) is 2.65. The Morgan fingerprint density at radius 2 is 1.74 bits per heavy atom. The minimum absolute atomic E-state index is 0.470. The summed E-state index contributed by atoms with van der Waals surface area (Å²) in [4.78, 5) is 0. The monoisotopic (exact) mass is 387 g/mol. The number of ether oxygens (including phenoxy) is 2. The van der Waals surface area contributed by atoms with Gasteiger partial charge in [-0.25, -0.2) is 0 Å². The van der Waals surface area contributed by atoms with E-state index in [4.69, 9.17) is 21.1 Å². The number of benzene rings is 2. The minimum atomic E-state index is 0.470. The Bertz CT molecular complexity index is 711. The smallest absolute Gasteiger partial charge is 0.166 e. The van der Waals surface area contributed by atoms with Gasteiger partial charge in [-0.15, -0.1) is 0 Å². The standard InChI is InChI=1S/C23H30ClNO2/c1-26-22-14-8-10-19(16-25-21-12-5-3-2-4-6-13-21)23(22)27-17-18-9-7-11-20(24)15-18/h7-11,14-15,21,25H,2-6,12-13,16-17H2,1H3. The van der Waals surface area contributed by atoms with Crippen LogP contribution in [-0.2, 0) is 13.2 Å². The lowest BCUT2D eigenvalue weighted by Crippen LogP contribution is -2.29. The number of hydrogen-bond donors (Lipinski definition) is 1. The zero-order chi connectivity index (χ0) is 18.9. The molecule has 1 N–H and O–H groups in total. The van der Waals surface area contributed by atoms with Crippen LogP contribution in [0, 0.1) is 0 Å². The topological polar surface area (TPSA) is 30.5 Å². The van der Waals surface area contributed by atoms with Gasteiger partial charge in [0.1, 0.15) is 6.61 Å². The molecule has 0 aliphatic heterocycles. The lowest BCUT2D eigenvalue weighted by atomic mass is 9.96. The highest BCUT2D eigenvalue weighted by Gasteiger charge is 2.15. The van der Waals surface area contributed by atoms with E-state index >= 15 is 0 Å². The van der Waals surface area contributed by atoms with Crippen LogP contribution >= 0.6 is 11.6 Å². The maximum Gasteiger partial charge on any atom is 0.166 e. The van der Waals surface area contributed by atoms with Gasteiger partial charge in [-0.1, -0.05) is 68.0 Å². The Labute approximate surface area is 168 Å². The molecule has 0 heterocycles. The van der Waals surface area contributed by atoms with Crippen molar-refractivity contribution in [3.8, 4) is 11.5 Å². The molecule has 1 fully saturated rings. The summed E-state index contributed by atoms with van der Waals surface area (Å²) >= 11 is 6.09. The van der Waals surface area contributed by atoms with Crippen molar-refractivity contribution >= 4 is 11.6 Å². The molecule has 146 valence electrons. The normalized spacial score (nSPS) is 15.8. The SMILES string of the molecule is COc1cccc(CNC2CCCCCCC2)c1OCc1cccc(Cl)c1. The summed E-state index contributed by atoms with van der Waals surface area (Å²) < 4.78 is 11.7. The summed E-state index contributed by atoms with van der Waals surface area (Å²) in [6.45, 7) is 1.27. The molecule has 0 aromatic heterocycles. The van der Waals surface area contributed by atoms with E-state index in [1.807, 2.05) is 36.4 Å². The molecule has 2 aromatic rings. The Morgan fingerprint density at radius 3 is 2.48 bits per heavy atom. The fourth-order valence-electron chi connectivity index (χ4n) is 3.72. The van der Waals surface area contributed by atoms with Crippen LogP contribution in [0.4, 0.5) is 0 Å². The molecule has 0 unspecified atom stereocenters. The van der Waals surface area contributed by atoms with Gasteiger partial charge in [-0.05, 0) is 36.6 Å². The van der Waals surface area contributed by atoms with E-state index in [1.54, 1.807) is 7.11 Å². The van der Waals surface area contributed by atoms with Crippen molar-refractivity contribution in [2.24, 2.45) is 0 Å². The number of hydrogen-bond acceptors (Lipinski definition) is 3. The molecule has 27 heavy (non-hydrogen) atoms. The van der Waals surface area contributed by atoms with Gasteiger partial charge >= 0.3 is 0 Å². The van der Waals surface area contributed by atoms with E-state index in [0.29, 0.717) is 12.6 Å². The van der Waals surface area contributed by atoms with Gasteiger partial charge in [-0.3, -0.25) is 0 Å². The lowest BCUT2D eigenvalue weighted by molar-refractivity contribution is 0.279. The highest BCUT2D eigenvalue weighted by atomic mass is 35.5. The molecule has 3 nitrogen and oxygen atoms in total. The maximum absolute atomic E-state index is 6.16. The highest BCUT2D eigenvalue weighted by Crippen LogP contribution is 2.32. The third-order valence-corrected chi connectivity index (χ3v) is 5.47. The average molecular weight is 388 g/mol. The van der Waals surface area contributed by atoms with Gasteiger partial charge < -0.3 is 14.8 Å². The molecule has 0 bridgehead atoms. The van der Waals surface area contributed by atoms with Crippen LogP contribution in [0.3, 0.4) is 0 Å². The first kappa shape index (κ1) is 20.0. The van der Waals surface area contributed by atoms with E-state index in [1.165, 1.54) is 44.9 Å². The summed E-state index contributed by atoms with van der Waals surface area (Å²) in [6.07, 6.45) is 9.31. The van der Waals surface area contributed by atoms with Gasteiger partial charge in [0.05, 0.1) is 7.11 Å². The number of halogens is 1. The van der Waals surface area contributed by atoms with Crippen LogP contribution in [0.1, 0.15) is 56.1 Å². The third kappa shape index (κ3) is 6.15. The summed E-state index contributed by atoms with van der Waals surface area (Å²) in [7, 11) is 1.69. The Balaban J connectivity index is 1.67. The van der Waals surface area contributed by atoms with E-state index in [2.05, 4.69) is 11.4 Å². The van der Waals surface area contributed by atoms with E-state index < -0.39 is 0 Å². The molecule has 0 amide bonds. The summed E-state index contributed by atoms with van der Waals surface area (Å²) in [5.41, 5.74) is 2.19. The van der Waals surface area contributed by atoms with Crippen molar-refractivity contribution in [3.05, 3.63) is 58.6 Å². The predicted molar refractivity (Wildman–Crippen MR) is 112 cm³/mol. The van der Waals surface area contributed by atoms with Crippen molar-refractivity contribution < 1.29 is 9.47 Å². The molecule has 1 aliphatic carbocycles. The number of methoxy groups -OCH3 is 1. The quantitative estimate of drug-likeness (QED) is 0.619. The van der Waals surface area contributed by atoms with E-state index in [0.717, 1.165) is 34.2 Å². The first-order valence-electron chi connectivity index (χ1n) is 10.0. The largest absolute Gasteiger partial charge is 0.493 e. The van der Waals surface area contributed by atoms with Crippen molar-refractivity contribution in [1.29, 1.82) is 0 Å². The molecule has 1 aliphatic rings. The molecule has 0 saturated heterocycles. The van der Waals surface area contributed by atoms with Crippen LogP contribution in [0.15, 0.2) is 42.5 Å². The van der Waals surface area contributed by atoms with Gasteiger partial charge in [0.15, 0.2) is 11.5 Å². The molecule has 0 radical (unpaired) electrons. The molecular weight excluding hydrogens is 358 g/mol. The summed E-state index contributed by atoms with van der Waals surface area (Å²) in [5.74, 6) is 1.59. The number of rotatable bonds is 7. The van der Waals surface area contributed by atoms with Gasteiger partial charge in [0.25, 0.3) is 0 Å². The molecule has 0 spiro atoms. The first-order chi connectivity index (χ1) is 13.3. The molecule has 0 atom stereocenters. The summed E-state index contributed by atoms with van der Waals surface area (Å²) in [6, 6.07) is 14.5. The molecule has 3 rings (SSSR count). The zero-order valence-electron chi connectivity index (χ0n) is 16.2. The molecule has 2 aromatic carbocycles. The fraction of sp³-hybridized carbons (Fsp3) is 0.478. The van der Waals surface area contributed by atoms with Crippen molar-refractivity contribution in [3.63, 3.8) is 0 Å². The highest BCUT2D eigenvalue weighted by molar-refractivity contribution is 6.30. The van der Waals surface area contributed by atoms with Gasteiger partial charge in [-0.2, -0.15) is 0 Å². The second kappa shape index (κ2) is 10.6. The lowest BCUT2D eigenvalue weighted by Gasteiger charge is -2.22. The van der Waals surface area contributed by atoms with Crippen molar-refractivity contribution in [2.45, 2.75) is 64.1 Å². The van der Waals surface area contributed by atoms with Gasteiger partial charge in [0, 0.05) is 23.2 Å². The molecule has 4 heteroatoms. The van der Waals surface area contributed by atoms with Crippen LogP contribution in [0.2, 0.25) is 5.02 Å². The van der Waals surface area contributed by atoms with Crippen molar-refractivity contribution in [2.75, 3.05) is 7.11 Å². The zero-order valence-corrected chi connectivity index (χ0v) is 16.9. The maximum atomic E-state index is 6.16. The Morgan fingerprint density at radius 1 is 1.00 bits per heavy atom. The number of nitrogens with one attached hydrogen (secondary N) is 1. The van der Waals surface area contributed by atoms with Gasteiger partial charge in [0.2, 0.25) is 0 Å². The minimum Gasteiger partial charge on any atom is -0.493 e. The molecular formula is C23H30ClNO2. The Hall–Kier alpha value is -1.71. The Kier molecular flexibility index (Phi) is 7.85. The second-order valence-electron chi connectivity index (χ2n) is 7.29.